The maximum Gasteiger partial charge on any atom is 0.326 e. The Bertz CT molecular complexity index is 1290. The van der Waals surface area contributed by atoms with Crippen molar-refractivity contribution in [3.8, 4) is 17.2 Å². The van der Waals surface area contributed by atoms with Gasteiger partial charge < -0.3 is 10.2 Å². The Morgan fingerprint density at radius 1 is 0.921 bits per heavy atom. The number of nitriles is 1. The Labute approximate surface area is 235 Å². The second-order valence-electron chi connectivity index (χ2n) is 10.4. The molecule has 0 unspecified atom stereocenters. The van der Waals surface area contributed by atoms with Gasteiger partial charge >= 0.3 is 6.03 Å². The zero-order valence-corrected chi connectivity index (χ0v) is 22.9. The third kappa shape index (κ3) is 6.50. The highest BCUT2D eigenvalue weighted by atomic mass is 35.5. The predicted octanol–water partition coefficient (Wildman–Crippen LogP) is 8.23. The number of hydrogen-bond donors (Lipinski definition) is 1. The summed E-state index contributed by atoms with van der Waals surface area (Å²) in [7, 11) is 0. The minimum absolute atomic E-state index is 0.208. The number of urea groups is 1. The summed E-state index contributed by atoms with van der Waals surface area (Å²) in [5.41, 5.74) is 3.99. The van der Waals surface area contributed by atoms with Crippen LogP contribution in [0.1, 0.15) is 44.1 Å². The van der Waals surface area contributed by atoms with Gasteiger partial charge in [0.15, 0.2) is 0 Å². The number of carbonyl (C=O) groups is 1. The number of halogens is 2. The van der Waals surface area contributed by atoms with E-state index in [1.54, 1.807) is 24.3 Å². The van der Waals surface area contributed by atoms with Crippen LogP contribution in [0.15, 0.2) is 66.7 Å². The van der Waals surface area contributed by atoms with E-state index < -0.39 is 0 Å². The van der Waals surface area contributed by atoms with Crippen LogP contribution in [-0.2, 0) is 0 Å². The molecule has 38 heavy (non-hydrogen) atoms. The van der Waals surface area contributed by atoms with Gasteiger partial charge in [0, 0.05) is 34.0 Å². The molecule has 1 saturated heterocycles. The summed E-state index contributed by atoms with van der Waals surface area (Å²) < 4.78 is 0. The first-order valence-electron chi connectivity index (χ1n) is 13.4. The van der Waals surface area contributed by atoms with Crippen LogP contribution in [0.2, 0.25) is 10.0 Å². The Kier molecular flexibility index (Phi) is 8.54. The Balaban J connectivity index is 1.34. The van der Waals surface area contributed by atoms with Crippen molar-refractivity contribution in [2.24, 2.45) is 5.92 Å². The van der Waals surface area contributed by atoms with Crippen LogP contribution in [-0.4, -0.2) is 36.6 Å². The molecule has 3 aromatic carbocycles. The topological polar surface area (TPSA) is 59.4 Å². The molecule has 2 aliphatic rings. The van der Waals surface area contributed by atoms with Crippen molar-refractivity contribution in [3.05, 3.63) is 82.3 Å². The van der Waals surface area contributed by atoms with Gasteiger partial charge in [-0.25, -0.2) is 4.79 Å². The molecule has 0 radical (unpaired) electrons. The SMILES string of the molecule is N#Cc1cccc(-c2ccc(N(CC3CCN(C4CCCC4)CC3)C(=O)Nc3cc(Cl)cc(Cl)c3)cc2)c1. The van der Waals surface area contributed by atoms with E-state index >= 15 is 0 Å². The lowest BCUT2D eigenvalue weighted by molar-refractivity contribution is 0.136. The first-order chi connectivity index (χ1) is 18.5. The molecule has 3 aromatic rings. The fraction of sp³-hybridized carbons (Fsp3) is 0.355. The molecule has 0 spiro atoms. The molecule has 2 amide bonds. The second-order valence-corrected chi connectivity index (χ2v) is 11.2. The molecule has 0 bridgehead atoms. The highest BCUT2D eigenvalue weighted by Crippen LogP contribution is 2.31. The summed E-state index contributed by atoms with van der Waals surface area (Å²) in [6, 6.07) is 23.3. The number of nitrogens with zero attached hydrogens (tertiary/aromatic N) is 3. The minimum atomic E-state index is -0.208. The molecule has 5 nitrogen and oxygen atoms in total. The summed E-state index contributed by atoms with van der Waals surface area (Å²) in [5, 5.41) is 13.2. The van der Waals surface area contributed by atoms with Crippen LogP contribution in [0.4, 0.5) is 16.2 Å². The van der Waals surface area contributed by atoms with E-state index in [4.69, 9.17) is 23.2 Å². The molecular formula is C31H32Cl2N4O. The van der Waals surface area contributed by atoms with E-state index in [1.807, 2.05) is 47.4 Å². The van der Waals surface area contributed by atoms with Crippen molar-refractivity contribution in [2.45, 2.75) is 44.6 Å². The van der Waals surface area contributed by atoms with E-state index in [-0.39, 0.29) is 6.03 Å². The molecule has 1 heterocycles. The van der Waals surface area contributed by atoms with Crippen LogP contribution >= 0.6 is 23.2 Å². The quantitative estimate of drug-likeness (QED) is 0.338. The lowest BCUT2D eigenvalue weighted by Gasteiger charge is -2.37. The minimum Gasteiger partial charge on any atom is -0.307 e. The van der Waals surface area contributed by atoms with E-state index in [1.165, 1.54) is 25.7 Å². The summed E-state index contributed by atoms with van der Waals surface area (Å²) in [4.78, 5) is 18.1. The van der Waals surface area contributed by atoms with E-state index in [2.05, 4.69) is 16.3 Å². The molecule has 5 rings (SSSR count). The van der Waals surface area contributed by atoms with Gasteiger partial charge in [-0.05, 0) is 98.3 Å². The molecule has 1 N–H and O–H groups in total. The number of anilines is 2. The first-order valence-corrected chi connectivity index (χ1v) is 14.1. The average molecular weight is 548 g/mol. The number of piperidine rings is 1. The average Bonchev–Trinajstić information content (AvgIpc) is 3.47. The number of nitrogens with one attached hydrogen (secondary N) is 1. The molecule has 2 fully saturated rings. The molecule has 7 heteroatoms. The highest BCUT2D eigenvalue weighted by molar-refractivity contribution is 6.35. The van der Waals surface area contributed by atoms with Gasteiger partial charge in [-0.2, -0.15) is 5.26 Å². The van der Waals surface area contributed by atoms with Gasteiger partial charge in [0.25, 0.3) is 0 Å². The Morgan fingerprint density at radius 2 is 1.61 bits per heavy atom. The normalized spacial score (nSPS) is 16.8. The third-order valence-electron chi connectivity index (χ3n) is 7.79. The third-order valence-corrected chi connectivity index (χ3v) is 8.23. The molecule has 0 atom stereocenters. The van der Waals surface area contributed by atoms with Crippen molar-refractivity contribution >= 4 is 40.6 Å². The smallest absolute Gasteiger partial charge is 0.307 e. The highest BCUT2D eigenvalue weighted by Gasteiger charge is 2.29. The van der Waals surface area contributed by atoms with Gasteiger partial charge in [-0.1, -0.05) is 60.3 Å². The van der Waals surface area contributed by atoms with Crippen molar-refractivity contribution in [2.75, 3.05) is 29.9 Å². The fourth-order valence-electron chi connectivity index (χ4n) is 5.75. The first kappa shape index (κ1) is 26.6. The van der Waals surface area contributed by atoms with Crippen LogP contribution in [0.3, 0.4) is 0 Å². The molecule has 0 aromatic heterocycles. The molecule has 196 valence electrons. The van der Waals surface area contributed by atoms with Crippen LogP contribution in [0.5, 0.6) is 0 Å². The Morgan fingerprint density at radius 3 is 2.26 bits per heavy atom. The second kappa shape index (κ2) is 12.2. The maximum atomic E-state index is 13.6. The lowest BCUT2D eigenvalue weighted by Crippen LogP contribution is -2.45. The van der Waals surface area contributed by atoms with Gasteiger partial charge in [0.05, 0.1) is 11.6 Å². The predicted molar refractivity (Wildman–Crippen MR) is 156 cm³/mol. The zero-order chi connectivity index (χ0) is 26.5. The van der Waals surface area contributed by atoms with Crippen molar-refractivity contribution in [3.63, 3.8) is 0 Å². The molecular weight excluding hydrogens is 515 g/mol. The van der Waals surface area contributed by atoms with Crippen LogP contribution in [0, 0.1) is 17.2 Å². The number of amides is 2. The summed E-state index contributed by atoms with van der Waals surface area (Å²) in [6.07, 6.45) is 7.52. The van der Waals surface area contributed by atoms with Gasteiger partial charge in [0.1, 0.15) is 0 Å². The van der Waals surface area contributed by atoms with Gasteiger partial charge in [0.2, 0.25) is 0 Å². The largest absolute Gasteiger partial charge is 0.326 e. The fourth-order valence-corrected chi connectivity index (χ4v) is 6.28. The Hall–Kier alpha value is -3.04. The monoisotopic (exact) mass is 546 g/mol. The van der Waals surface area contributed by atoms with E-state index in [0.29, 0.717) is 33.8 Å². The molecule has 1 saturated carbocycles. The summed E-state index contributed by atoms with van der Waals surface area (Å²) >= 11 is 12.4. The zero-order valence-electron chi connectivity index (χ0n) is 21.4. The number of carbonyl (C=O) groups excluding carboxylic acids is 1. The van der Waals surface area contributed by atoms with Crippen LogP contribution < -0.4 is 10.2 Å². The number of rotatable bonds is 6. The van der Waals surface area contributed by atoms with E-state index in [9.17, 15) is 10.1 Å². The van der Waals surface area contributed by atoms with Crippen molar-refractivity contribution < 1.29 is 4.79 Å². The summed E-state index contributed by atoms with van der Waals surface area (Å²) in [5.74, 6) is 0.424. The molecule has 1 aliphatic heterocycles. The number of benzene rings is 3. The van der Waals surface area contributed by atoms with Crippen molar-refractivity contribution in [1.29, 1.82) is 5.26 Å². The van der Waals surface area contributed by atoms with Crippen molar-refractivity contribution in [1.82, 2.24) is 4.90 Å². The number of hydrogen-bond acceptors (Lipinski definition) is 3. The standard InChI is InChI=1S/C31H32Cl2N4O/c32-26-17-27(33)19-28(18-26)35-31(38)37(21-22-12-14-36(15-13-22)29-6-1-2-7-29)30-10-8-24(9-11-30)25-5-3-4-23(16-25)20-34/h3-5,8-11,16-19,22,29H,1-2,6-7,12-15,21H2,(H,35,38). The maximum absolute atomic E-state index is 13.6. The lowest BCUT2D eigenvalue weighted by atomic mass is 9.94. The number of likely N-dealkylation sites (tertiary alicyclic amines) is 1. The van der Waals surface area contributed by atoms with Gasteiger partial charge in [-0.3, -0.25) is 4.90 Å². The molecule has 1 aliphatic carbocycles. The van der Waals surface area contributed by atoms with E-state index in [0.717, 1.165) is 48.8 Å². The van der Waals surface area contributed by atoms with Crippen LogP contribution in [0.25, 0.3) is 11.1 Å². The van der Waals surface area contributed by atoms with Gasteiger partial charge in [-0.15, -0.1) is 0 Å². The summed E-state index contributed by atoms with van der Waals surface area (Å²) in [6.45, 7) is 2.84.